The minimum absolute atomic E-state index is 0.124. The molecule has 3 heterocycles. The molecule has 0 amide bonds. The molecule has 0 unspecified atom stereocenters. The Balaban J connectivity index is 1.39. The van der Waals surface area contributed by atoms with Gasteiger partial charge in [-0.05, 0) is 57.3 Å². The largest absolute Gasteiger partial charge is 0.367 e. The van der Waals surface area contributed by atoms with E-state index in [0.29, 0.717) is 27.8 Å². The molecule has 2 fully saturated rings. The number of rotatable bonds is 5. The maximum Gasteiger partial charge on any atom is 0.196 e. The lowest BCUT2D eigenvalue weighted by Crippen LogP contribution is -2.47. The maximum absolute atomic E-state index is 13.2. The third-order valence-corrected chi connectivity index (χ3v) is 6.61. The van der Waals surface area contributed by atoms with Crippen LogP contribution in [-0.2, 0) is 0 Å². The lowest BCUT2D eigenvalue weighted by Gasteiger charge is -2.42. The first-order chi connectivity index (χ1) is 14.2. The third kappa shape index (κ3) is 3.51. The second-order valence-electron chi connectivity index (χ2n) is 8.00. The molecular weight excluding hydrogens is 386 g/mol. The van der Waals surface area contributed by atoms with Crippen LogP contribution in [0.3, 0.4) is 0 Å². The highest BCUT2D eigenvalue weighted by Crippen LogP contribution is 2.31. The molecule has 1 aliphatic heterocycles. The zero-order valence-electron chi connectivity index (χ0n) is 16.2. The van der Waals surface area contributed by atoms with Gasteiger partial charge in [0, 0.05) is 23.8 Å². The number of carbonyl (C=O) groups is 1. The molecule has 7 heteroatoms. The average molecular weight is 410 g/mol. The monoisotopic (exact) mass is 409 g/mol. The number of hydrogen-bond donors (Lipinski definition) is 2. The van der Waals surface area contributed by atoms with Crippen molar-refractivity contribution in [3.63, 3.8) is 0 Å². The minimum atomic E-state index is -0.124. The van der Waals surface area contributed by atoms with Gasteiger partial charge in [-0.25, -0.2) is 9.97 Å². The van der Waals surface area contributed by atoms with Gasteiger partial charge in [-0.1, -0.05) is 23.7 Å². The summed E-state index contributed by atoms with van der Waals surface area (Å²) in [6.07, 6.45) is 9.24. The van der Waals surface area contributed by atoms with Gasteiger partial charge in [0.05, 0.1) is 16.0 Å². The molecule has 1 saturated carbocycles. The molecule has 0 spiro atoms. The quantitative estimate of drug-likeness (QED) is 0.615. The molecule has 3 aromatic rings. The van der Waals surface area contributed by atoms with Crippen LogP contribution in [0.1, 0.15) is 48.0 Å². The Morgan fingerprint density at radius 1 is 1.10 bits per heavy atom. The van der Waals surface area contributed by atoms with E-state index in [9.17, 15) is 4.79 Å². The summed E-state index contributed by atoms with van der Waals surface area (Å²) in [6.45, 7) is 2.51. The van der Waals surface area contributed by atoms with Crippen LogP contribution in [0.4, 0.5) is 5.82 Å². The molecule has 6 nitrogen and oxygen atoms in total. The molecule has 0 atom stereocenters. The van der Waals surface area contributed by atoms with Gasteiger partial charge in [-0.2, -0.15) is 0 Å². The van der Waals surface area contributed by atoms with Crippen LogP contribution in [-0.4, -0.2) is 50.8 Å². The number of hydrogen-bond acceptors (Lipinski definition) is 5. The predicted molar refractivity (Wildman–Crippen MR) is 115 cm³/mol. The smallest absolute Gasteiger partial charge is 0.196 e. The molecule has 29 heavy (non-hydrogen) atoms. The van der Waals surface area contributed by atoms with Gasteiger partial charge in [-0.15, -0.1) is 0 Å². The second kappa shape index (κ2) is 7.76. The standard InChI is InChI=1S/C22H24ClN5O/c23-18-5-2-1-4-16(18)20(29)17-12-24-21-19(17)22(26-13-25-21)27-14-6-8-15(9-7-14)28-10-3-11-28/h1-2,4-5,12-15H,3,6-11H2,(H2,24,25,26,27)/t14-,15-. The molecule has 0 radical (unpaired) electrons. The Labute approximate surface area is 174 Å². The number of nitrogens with one attached hydrogen (secondary N) is 2. The summed E-state index contributed by atoms with van der Waals surface area (Å²) < 4.78 is 0. The zero-order chi connectivity index (χ0) is 19.8. The van der Waals surface area contributed by atoms with Crippen molar-refractivity contribution in [2.24, 2.45) is 0 Å². The summed E-state index contributed by atoms with van der Waals surface area (Å²) in [4.78, 5) is 27.7. The van der Waals surface area contributed by atoms with Crippen LogP contribution in [0.15, 0.2) is 36.8 Å². The normalized spacial score (nSPS) is 22.4. The first-order valence-electron chi connectivity index (χ1n) is 10.3. The first-order valence-corrected chi connectivity index (χ1v) is 10.7. The summed E-state index contributed by atoms with van der Waals surface area (Å²) in [5.41, 5.74) is 1.69. The second-order valence-corrected chi connectivity index (χ2v) is 8.40. The Kier molecular flexibility index (Phi) is 4.97. The summed E-state index contributed by atoms with van der Waals surface area (Å²) in [7, 11) is 0. The van der Waals surface area contributed by atoms with Crippen LogP contribution in [0, 0.1) is 0 Å². The Bertz CT molecular complexity index is 1040. The molecule has 2 aromatic heterocycles. The van der Waals surface area contributed by atoms with Crippen molar-refractivity contribution in [2.45, 2.75) is 44.2 Å². The molecule has 2 N–H and O–H groups in total. The molecule has 1 saturated heterocycles. The number of carbonyl (C=O) groups excluding carboxylic acids is 1. The highest BCUT2D eigenvalue weighted by Gasteiger charge is 2.29. The van der Waals surface area contributed by atoms with Gasteiger partial charge in [-0.3, -0.25) is 4.79 Å². The molecule has 5 rings (SSSR count). The Morgan fingerprint density at radius 2 is 1.90 bits per heavy atom. The van der Waals surface area contributed by atoms with Gasteiger partial charge >= 0.3 is 0 Å². The molecule has 0 bridgehead atoms. The third-order valence-electron chi connectivity index (χ3n) is 6.28. The van der Waals surface area contributed by atoms with E-state index >= 15 is 0 Å². The predicted octanol–water partition coefficient (Wildman–Crippen LogP) is 4.27. The maximum atomic E-state index is 13.2. The fourth-order valence-corrected chi connectivity index (χ4v) is 4.75. The number of aromatic nitrogens is 3. The Morgan fingerprint density at radius 3 is 2.62 bits per heavy atom. The summed E-state index contributed by atoms with van der Waals surface area (Å²) in [5, 5.41) is 4.78. The number of likely N-dealkylation sites (tertiary alicyclic amines) is 1. The topological polar surface area (TPSA) is 73.9 Å². The van der Waals surface area contributed by atoms with Crippen LogP contribution >= 0.6 is 11.6 Å². The molecule has 150 valence electrons. The summed E-state index contributed by atoms with van der Waals surface area (Å²) in [6, 6.07) is 8.22. The van der Waals surface area contributed by atoms with Crippen LogP contribution in [0.2, 0.25) is 5.02 Å². The van der Waals surface area contributed by atoms with Crippen molar-refractivity contribution in [3.05, 3.63) is 52.9 Å². The van der Waals surface area contributed by atoms with Gasteiger partial charge in [0.1, 0.15) is 17.8 Å². The lowest BCUT2D eigenvalue weighted by molar-refractivity contribution is 0.0889. The number of anilines is 1. The van der Waals surface area contributed by atoms with Crippen LogP contribution in [0.25, 0.3) is 11.0 Å². The van der Waals surface area contributed by atoms with E-state index < -0.39 is 0 Å². The van der Waals surface area contributed by atoms with E-state index in [4.69, 9.17) is 11.6 Å². The summed E-state index contributed by atoms with van der Waals surface area (Å²) >= 11 is 6.26. The lowest BCUT2D eigenvalue weighted by atomic mass is 9.88. The van der Waals surface area contributed by atoms with E-state index in [2.05, 4.69) is 25.2 Å². The highest BCUT2D eigenvalue weighted by molar-refractivity contribution is 6.35. The van der Waals surface area contributed by atoms with Crippen molar-refractivity contribution in [3.8, 4) is 0 Å². The number of ketones is 1. The van der Waals surface area contributed by atoms with Crippen molar-refractivity contribution < 1.29 is 4.79 Å². The molecular formula is C22H24ClN5O. The number of nitrogens with zero attached hydrogens (tertiary/aromatic N) is 3. The van der Waals surface area contributed by atoms with Gasteiger partial charge in [0.2, 0.25) is 0 Å². The number of halogens is 1. The number of aromatic amines is 1. The van der Waals surface area contributed by atoms with Crippen LogP contribution < -0.4 is 5.32 Å². The van der Waals surface area contributed by atoms with E-state index in [1.54, 1.807) is 18.3 Å². The first kappa shape index (κ1) is 18.6. The van der Waals surface area contributed by atoms with E-state index in [0.717, 1.165) is 30.1 Å². The van der Waals surface area contributed by atoms with Gasteiger partial charge in [0.15, 0.2) is 5.78 Å². The SMILES string of the molecule is O=C(c1ccccc1Cl)c1c[nH]c2ncnc(N[C@H]3CC[C@H](N4CCC4)CC3)c12. The van der Waals surface area contributed by atoms with Crippen LogP contribution in [0.5, 0.6) is 0 Å². The van der Waals surface area contributed by atoms with Gasteiger partial charge in [0.25, 0.3) is 0 Å². The van der Waals surface area contributed by atoms with E-state index in [-0.39, 0.29) is 5.78 Å². The van der Waals surface area contributed by atoms with E-state index in [1.165, 1.54) is 38.7 Å². The van der Waals surface area contributed by atoms with Crippen molar-refractivity contribution >= 4 is 34.2 Å². The van der Waals surface area contributed by atoms with Gasteiger partial charge < -0.3 is 15.2 Å². The van der Waals surface area contributed by atoms with Crippen molar-refractivity contribution in [2.75, 3.05) is 18.4 Å². The van der Waals surface area contributed by atoms with Crippen molar-refractivity contribution in [1.29, 1.82) is 0 Å². The highest BCUT2D eigenvalue weighted by atomic mass is 35.5. The fourth-order valence-electron chi connectivity index (χ4n) is 4.53. The average Bonchev–Trinajstić information content (AvgIpc) is 3.13. The van der Waals surface area contributed by atoms with E-state index in [1.807, 2.05) is 12.1 Å². The number of benzene rings is 1. The minimum Gasteiger partial charge on any atom is -0.367 e. The molecule has 1 aliphatic carbocycles. The molecule has 1 aromatic carbocycles. The number of H-pyrrole nitrogens is 1. The fraction of sp³-hybridized carbons (Fsp3) is 0.409. The molecule has 2 aliphatic rings. The Hall–Kier alpha value is -2.44. The number of fused-ring (bicyclic) bond motifs is 1. The zero-order valence-corrected chi connectivity index (χ0v) is 17.0. The summed E-state index contributed by atoms with van der Waals surface area (Å²) in [5.74, 6) is 0.597. The van der Waals surface area contributed by atoms with Crippen molar-refractivity contribution in [1.82, 2.24) is 19.9 Å².